The highest BCUT2D eigenvalue weighted by Gasteiger charge is 2.18. The smallest absolute Gasteiger partial charge is 0.0837 e. The SMILES string of the molecule is Cn1ncc(Cl)c1C(N)c1cnn(-c2ccccc2)c1. The first-order valence-corrected chi connectivity index (χ1v) is 6.57. The molecule has 6 heteroatoms. The van der Waals surface area contributed by atoms with Crippen LogP contribution in [0, 0.1) is 0 Å². The molecule has 102 valence electrons. The van der Waals surface area contributed by atoms with E-state index >= 15 is 0 Å². The van der Waals surface area contributed by atoms with Crippen LogP contribution in [-0.4, -0.2) is 19.6 Å². The van der Waals surface area contributed by atoms with Gasteiger partial charge in [-0.25, -0.2) is 4.68 Å². The molecule has 0 aliphatic carbocycles. The first-order valence-electron chi connectivity index (χ1n) is 6.20. The zero-order valence-corrected chi connectivity index (χ0v) is 11.7. The Morgan fingerprint density at radius 1 is 1.15 bits per heavy atom. The Bertz CT molecular complexity index is 697. The third-order valence-corrected chi connectivity index (χ3v) is 3.51. The summed E-state index contributed by atoms with van der Waals surface area (Å²) < 4.78 is 3.48. The highest BCUT2D eigenvalue weighted by Crippen LogP contribution is 2.25. The van der Waals surface area contributed by atoms with Crippen LogP contribution in [0.5, 0.6) is 0 Å². The van der Waals surface area contributed by atoms with E-state index in [1.807, 2.05) is 43.6 Å². The number of aromatic nitrogens is 4. The molecule has 0 spiro atoms. The summed E-state index contributed by atoms with van der Waals surface area (Å²) in [5.41, 5.74) is 8.91. The number of halogens is 1. The molecule has 1 atom stereocenters. The Morgan fingerprint density at radius 2 is 1.90 bits per heavy atom. The second-order valence-corrected chi connectivity index (χ2v) is 4.94. The van der Waals surface area contributed by atoms with Crippen molar-refractivity contribution in [2.75, 3.05) is 0 Å². The lowest BCUT2D eigenvalue weighted by Crippen LogP contribution is -2.15. The van der Waals surface area contributed by atoms with E-state index in [1.54, 1.807) is 21.8 Å². The van der Waals surface area contributed by atoms with Gasteiger partial charge in [0.1, 0.15) is 0 Å². The molecule has 0 saturated heterocycles. The Balaban J connectivity index is 1.95. The molecule has 1 unspecified atom stereocenters. The number of hydrogen-bond donors (Lipinski definition) is 1. The fourth-order valence-corrected chi connectivity index (χ4v) is 2.43. The molecule has 0 radical (unpaired) electrons. The van der Waals surface area contributed by atoms with E-state index in [1.165, 1.54) is 0 Å². The first-order chi connectivity index (χ1) is 9.66. The molecule has 0 fully saturated rings. The second-order valence-electron chi connectivity index (χ2n) is 4.53. The zero-order chi connectivity index (χ0) is 14.1. The Kier molecular flexibility index (Phi) is 3.30. The van der Waals surface area contributed by atoms with Crippen molar-refractivity contribution in [2.45, 2.75) is 6.04 Å². The predicted octanol–water partition coefficient (Wildman–Crippen LogP) is 2.31. The monoisotopic (exact) mass is 287 g/mol. The van der Waals surface area contributed by atoms with E-state index in [2.05, 4.69) is 10.2 Å². The van der Waals surface area contributed by atoms with Crippen molar-refractivity contribution in [3.8, 4) is 5.69 Å². The van der Waals surface area contributed by atoms with E-state index in [9.17, 15) is 0 Å². The van der Waals surface area contributed by atoms with Gasteiger partial charge in [0.15, 0.2) is 0 Å². The van der Waals surface area contributed by atoms with Crippen LogP contribution in [-0.2, 0) is 7.05 Å². The molecule has 2 aromatic heterocycles. The minimum atomic E-state index is -0.354. The maximum absolute atomic E-state index is 6.26. The number of aryl methyl sites for hydroxylation is 1. The van der Waals surface area contributed by atoms with E-state index in [-0.39, 0.29) is 6.04 Å². The van der Waals surface area contributed by atoms with Crippen LogP contribution in [0.4, 0.5) is 0 Å². The molecule has 3 rings (SSSR count). The highest BCUT2D eigenvalue weighted by atomic mass is 35.5. The summed E-state index contributed by atoms with van der Waals surface area (Å²) >= 11 is 6.12. The molecule has 3 aromatic rings. The van der Waals surface area contributed by atoms with Gasteiger partial charge in [0.2, 0.25) is 0 Å². The number of nitrogens with two attached hydrogens (primary N) is 1. The summed E-state index contributed by atoms with van der Waals surface area (Å²) in [5.74, 6) is 0. The largest absolute Gasteiger partial charge is 0.319 e. The van der Waals surface area contributed by atoms with E-state index in [0.717, 1.165) is 16.9 Å². The lowest BCUT2D eigenvalue weighted by molar-refractivity contribution is 0.673. The van der Waals surface area contributed by atoms with Gasteiger partial charge in [-0.15, -0.1) is 0 Å². The van der Waals surface area contributed by atoms with Crippen molar-refractivity contribution < 1.29 is 0 Å². The van der Waals surface area contributed by atoms with Crippen LogP contribution >= 0.6 is 11.6 Å². The molecule has 2 N–H and O–H groups in total. The number of rotatable bonds is 3. The number of benzene rings is 1. The summed E-state index contributed by atoms with van der Waals surface area (Å²) in [6, 6.07) is 9.52. The summed E-state index contributed by atoms with van der Waals surface area (Å²) in [5, 5.41) is 9.01. The van der Waals surface area contributed by atoms with E-state index in [0.29, 0.717) is 5.02 Å². The summed E-state index contributed by atoms with van der Waals surface area (Å²) in [4.78, 5) is 0. The topological polar surface area (TPSA) is 61.7 Å². The summed E-state index contributed by atoms with van der Waals surface area (Å²) in [6.45, 7) is 0. The standard InChI is InChI=1S/C14H14ClN5/c1-19-14(12(15)8-17-19)13(16)10-7-18-20(9-10)11-5-3-2-4-6-11/h2-9,13H,16H2,1H3. The fourth-order valence-electron chi connectivity index (χ4n) is 2.15. The fraction of sp³-hybridized carbons (Fsp3) is 0.143. The van der Waals surface area contributed by atoms with Gasteiger partial charge in [0, 0.05) is 18.8 Å². The van der Waals surface area contributed by atoms with Crippen molar-refractivity contribution in [3.63, 3.8) is 0 Å². The minimum absolute atomic E-state index is 0.354. The molecule has 0 saturated carbocycles. The van der Waals surface area contributed by atoms with Crippen molar-refractivity contribution in [2.24, 2.45) is 12.8 Å². The highest BCUT2D eigenvalue weighted by molar-refractivity contribution is 6.31. The van der Waals surface area contributed by atoms with E-state index < -0.39 is 0 Å². The maximum atomic E-state index is 6.26. The van der Waals surface area contributed by atoms with Crippen molar-refractivity contribution in [1.29, 1.82) is 0 Å². The van der Waals surface area contributed by atoms with Crippen LogP contribution in [0.1, 0.15) is 17.3 Å². The van der Waals surface area contributed by atoms with E-state index in [4.69, 9.17) is 17.3 Å². The number of nitrogens with zero attached hydrogens (tertiary/aromatic N) is 4. The Hall–Kier alpha value is -2.11. The first kappa shape index (κ1) is 12.9. The molecule has 5 nitrogen and oxygen atoms in total. The van der Waals surface area contributed by atoms with Crippen molar-refractivity contribution >= 4 is 11.6 Å². The van der Waals surface area contributed by atoms with Gasteiger partial charge >= 0.3 is 0 Å². The van der Waals surface area contributed by atoms with Crippen LogP contribution in [0.25, 0.3) is 5.69 Å². The average molecular weight is 288 g/mol. The Morgan fingerprint density at radius 3 is 2.55 bits per heavy atom. The van der Waals surface area contributed by atoms with Crippen molar-refractivity contribution in [1.82, 2.24) is 19.6 Å². The van der Waals surface area contributed by atoms with Crippen LogP contribution in [0.15, 0.2) is 48.9 Å². The third-order valence-electron chi connectivity index (χ3n) is 3.21. The molecule has 0 amide bonds. The number of para-hydroxylation sites is 1. The quantitative estimate of drug-likeness (QED) is 0.804. The average Bonchev–Trinajstić information content (AvgIpc) is 3.07. The lowest BCUT2D eigenvalue weighted by atomic mass is 10.1. The molecule has 0 bridgehead atoms. The zero-order valence-electron chi connectivity index (χ0n) is 10.9. The van der Waals surface area contributed by atoms with Gasteiger partial charge in [-0.1, -0.05) is 29.8 Å². The van der Waals surface area contributed by atoms with Gasteiger partial charge in [-0.05, 0) is 12.1 Å². The molecule has 2 heterocycles. The molecule has 0 aliphatic heterocycles. The van der Waals surface area contributed by atoms with Crippen LogP contribution in [0.3, 0.4) is 0 Å². The van der Waals surface area contributed by atoms with Gasteiger partial charge in [0.05, 0.1) is 34.8 Å². The molecule has 1 aromatic carbocycles. The molecule has 0 aliphatic rings. The summed E-state index contributed by atoms with van der Waals surface area (Å²) in [6.07, 6.45) is 5.25. The van der Waals surface area contributed by atoms with Crippen molar-refractivity contribution in [3.05, 3.63) is 65.2 Å². The second kappa shape index (κ2) is 5.11. The molecule has 20 heavy (non-hydrogen) atoms. The minimum Gasteiger partial charge on any atom is -0.319 e. The van der Waals surface area contributed by atoms with Gasteiger partial charge in [-0.3, -0.25) is 4.68 Å². The van der Waals surface area contributed by atoms with Gasteiger partial charge < -0.3 is 5.73 Å². The Labute approximate surface area is 121 Å². The van der Waals surface area contributed by atoms with Crippen LogP contribution in [0.2, 0.25) is 5.02 Å². The van der Waals surface area contributed by atoms with Gasteiger partial charge in [0.25, 0.3) is 0 Å². The lowest BCUT2D eigenvalue weighted by Gasteiger charge is -2.10. The number of hydrogen-bond acceptors (Lipinski definition) is 3. The predicted molar refractivity (Wildman–Crippen MR) is 77.8 cm³/mol. The maximum Gasteiger partial charge on any atom is 0.0837 e. The third kappa shape index (κ3) is 2.21. The van der Waals surface area contributed by atoms with Gasteiger partial charge in [-0.2, -0.15) is 10.2 Å². The van der Waals surface area contributed by atoms with Crippen LogP contribution < -0.4 is 5.73 Å². The molecular weight excluding hydrogens is 274 g/mol. The molecular formula is C14H14ClN5. The normalized spacial score (nSPS) is 12.6. The summed E-state index contributed by atoms with van der Waals surface area (Å²) in [7, 11) is 1.82.